The highest BCUT2D eigenvalue weighted by Gasteiger charge is 2.21. The number of nitrogens with zero attached hydrogens (tertiary/aromatic N) is 1. The molecule has 134 valence electrons. The molecule has 0 bridgehead atoms. The van der Waals surface area contributed by atoms with Gasteiger partial charge in [0.25, 0.3) is 0 Å². The summed E-state index contributed by atoms with van der Waals surface area (Å²) < 4.78 is 25.4. The van der Waals surface area contributed by atoms with E-state index in [2.05, 4.69) is 21.5 Å². The van der Waals surface area contributed by atoms with Crippen LogP contribution in [0, 0.1) is 0 Å². The first-order valence-electron chi connectivity index (χ1n) is 8.04. The van der Waals surface area contributed by atoms with Crippen molar-refractivity contribution in [2.75, 3.05) is 13.6 Å². The molecule has 3 rings (SSSR count). The second kappa shape index (κ2) is 7.55. The van der Waals surface area contributed by atoms with Gasteiger partial charge < -0.3 is 10.2 Å². The zero-order chi connectivity index (χ0) is 17.9. The first kappa shape index (κ1) is 17.9. The molecule has 0 saturated carbocycles. The summed E-state index contributed by atoms with van der Waals surface area (Å²) in [5.74, 6) is -0.0487. The van der Waals surface area contributed by atoms with Crippen molar-refractivity contribution in [3.05, 3.63) is 57.3 Å². The van der Waals surface area contributed by atoms with Crippen LogP contribution < -0.4 is 10.0 Å². The fourth-order valence-electron chi connectivity index (χ4n) is 2.76. The number of rotatable bonds is 5. The summed E-state index contributed by atoms with van der Waals surface area (Å²) >= 11 is 1.75. The number of thiophene rings is 1. The average molecular weight is 380 g/mol. The van der Waals surface area contributed by atoms with Crippen LogP contribution in [-0.4, -0.2) is 32.9 Å². The standard InChI is InChI=1S/C17H21N3O3S2/c1-18-25(22,23)12-14-4-2-13(3-5-14)10-19-17(21)20-8-6-16-15(11-20)7-9-24-16/h2-5,7,9,18H,6,8,10-12H2,1H3,(H,19,21). The Bertz CT molecular complexity index is 844. The molecule has 2 heterocycles. The van der Waals surface area contributed by atoms with E-state index in [0.29, 0.717) is 18.7 Å². The van der Waals surface area contributed by atoms with Gasteiger partial charge in [-0.05, 0) is 41.6 Å². The quantitative estimate of drug-likeness (QED) is 0.835. The van der Waals surface area contributed by atoms with Crippen molar-refractivity contribution >= 4 is 27.4 Å². The maximum atomic E-state index is 12.3. The zero-order valence-electron chi connectivity index (χ0n) is 14.0. The van der Waals surface area contributed by atoms with Crippen molar-refractivity contribution in [1.82, 2.24) is 14.9 Å². The molecule has 0 fully saturated rings. The fourth-order valence-corrected chi connectivity index (χ4v) is 4.42. The Morgan fingerprint density at radius 3 is 2.64 bits per heavy atom. The summed E-state index contributed by atoms with van der Waals surface area (Å²) in [4.78, 5) is 15.5. The van der Waals surface area contributed by atoms with Crippen LogP contribution in [0.4, 0.5) is 4.79 Å². The van der Waals surface area contributed by atoms with Gasteiger partial charge in [-0.1, -0.05) is 24.3 Å². The summed E-state index contributed by atoms with van der Waals surface area (Å²) in [6, 6.07) is 9.24. The van der Waals surface area contributed by atoms with Crippen molar-refractivity contribution < 1.29 is 13.2 Å². The van der Waals surface area contributed by atoms with Crippen molar-refractivity contribution in [1.29, 1.82) is 0 Å². The Hall–Kier alpha value is -1.90. The van der Waals surface area contributed by atoms with E-state index < -0.39 is 10.0 Å². The monoisotopic (exact) mass is 379 g/mol. The largest absolute Gasteiger partial charge is 0.334 e. The van der Waals surface area contributed by atoms with Gasteiger partial charge in [0.05, 0.1) is 5.75 Å². The Labute approximate surface area is 151 Å². The molecular formula is C17H21N3O3S2. The van der Waals surface area contributed by atoms with Crippen LogP contribution in [0.15, 0.2) is 35.7 Å². The lowest BCUT2D eigenvalue weighted by molar-refractivity contribution is 0.192. The smallest absolute Gasteiger partial charge is 0.317 e. The average Bonchev–Trinajstić information content (AvgIpc) is 3.08. The maximum Gasteiger partial charge on any atom is 0.317 e. The van der Waals surface area contributed by atoms with E-state index in [1.165, 1.54) is 17.5 Å². The second-order valence-corrected chi connectivity index (χ2v) is 8.91. The van der Waals surface area contributed by atoms with Gasteiger partial charge in [0.1, 0.15) is 0 Å². The Morgan fingerprint density at radius 1 is 1.20 bits per heavy atom. The molecule has 8 heteroatoms. The van der Waals surface area contributed by atoms with Gasteiger partial charge in [-0.15, -0.1) is 11.3 Å². The van der Waals surface area contributed by atoms with Gasteiger partial charge in [0.15, 0.2) is 0 Å². The predicted molar refractivity (Wildman–Crippen MR) is 98.8 cm³/mol. The van der Waals surface area contributed by atoms with Gasteiger partial charge in [-0.2, -0.15) is 0 Å². The lowest BCUT2D eigenvalue weighted by Gasteiger charge is -2.27. The van der Waals surface area contributed by atoms with E-state index in [4.69, 9.17) is 0 Å². The van der Waals surface area contributed by atoms with Crippen LogP contribution >= 0.6 is 11.3 Å². The van der Waals surface area contributed by atoms with Crippen molar-refractivity contribution in [3.63, 3.8) is 0 Å². The summed E-state index contributed by atoms with van der Waals surface area (Å²) in [6.07, 6.45) is 0.912. The van der Waals surface area contributed by atoms with Gasteiger partial charge in [0.2, 0.25) is 10.0 Å². The number of urea groups is 1. The van der Waals surface area contributed by atoms with Crippen LogP contribution in [0.5, 0.6) is 0 Å². The number of hydrogen-bond acceptors (Lipinski definition) is 4. The number of carbonyl (C=O) groups excluding carboxylic acids is 1. The number of hydrogen-bond donors (Lipinski definition) is 2. The van der Waals surface area contributed by atoms with Crippen LogP contribution in [0.25, 0.3) is 0 Å². The molecule has 1 aromatic carbocycles. The zero-order valence-corrected chi connectivity index (χ0v) is 15.6. The highest BCUT2D eigenvalue weighted by atomic mass is 32.2. The topological polar surface area (TPSA) is 78.5 Å². The highest BCUT2D eigenvalue weighted by molar-refractivity contribution is 7.88. The third kappa shape index (κ3) is 4.59. The Balaban J connectivity index is 1.52. The number of nitrogens with one attached hydrogen (secondary N) is 2. The molecule has 0 radical (unpaired) electrons. The van der Waals surface area contributed by atoms with Gasteiger partial charge in [0, 0.05) is 24.5 Å². The van der Waals surface area contributed by atoms with Crippen LogP contribution in [0.3, 0.4) is 0 Å². The van der Waals surface area contributed by atoms with E-state index >= 15 is 0 Å². The van der Waals surface area contributed by atoms with E-state index in [0.717, 1.165) is 18.5 Å². The Kier molecular flexibility index (Phi) is 5.41. The minimum absolute atomic E-state index is 0.0487. The molecule has 1 aliphatic rings. The molecule has 0 atom stereocenters. The van der Waals surface area contributed by atoms with Gasteiger partial charge >= 0.3 is 6.03 Å². The van der Waals surface area contributed by atoms with Crippen molar-refractivity contribution in [2.45, 2.75) is 25.3 Å². The van der Waals surface area contributed by atoms with E-state index in [1.807, 2.05) is 17.0 Å². The molecule has 2 amide bonds. The van der Waals surface area contributed by atoms with E-state index in [-0.39, 0.29) is 11.8 Å². The van der Waals surface area contributed by atoms with E-state index in [1.54, 1.807) is 23.5 Å². The summed E-state index contributed by atoms with van der Waals surface area (Å²) in [6.45, 7) is 1.82. The number of carbonyl (C=O) groups is 1. The number of benzene rings is 1. The first-order valence-corrected chi connectivity index (χ1v) is 10.6. The Morgan fingerprint density at radius 2 is 1.92 bits per heavy atom. The third-order valence-corrected chi connectivity index (χ3v) is 6.59. The molecular weight excluding hydrogens is 358 g/mol. The number of sulfonamides is 1. The molecule has 2 aromatic rings. The molecule has 2 N–H and O–H groups in total. The third-order valence-electron chi connectivity index (χ3n) is 4.23. The molecule has 0 saturated heterocycles. The molecule has 1 aromatic heterocycles. The van der Waals surface area contributed by atoms with E-state index in [9.17, 15) is 13.2 Å². The molecule has 1 aliphatic heterocycles. The minimum atomic E-state index is -3.27. The van der Waals surface area contributed by atoms with Crippen molar-refractivity contribution in [2.24, 2.45) is 0 Å². The SMILES string of the molecule is CNS(=O)(=O)Cc1ccc(CNC(=O)N2CCc3sccc3C2)cc1. The lowest BCUT2D eigenvalue weighted by atomic mass is 10.1. The van der Waals surface area contributed by atoms with Crippen LogP contribution in [-0.2, 0) is 35.3 Å². The summed E-state index contributed by atoms with van der Waals surface area (Å²) in [5.41, 5.74) is 2.89. The highest BCUT2D eigenvalue weighted by Crippen LogP contribution is 2.23. The molecule has 0 unspecified atom stereocenters. The van der Waals surface area contributed by atoms with Crippen LogP contribution in [0.2, 0.25) is 0 Å². The number of fused-ring (bicyclic) bond motifs is 1. The normalized spacial score (nSPS) is 14.2. The summed E-state index contributed by atoms with van der Waals surface area (Å²) in [7, 11) is -1.87. The number of amides is 2. The fraction of sp³-hybridized carbons (Fsp3) is 0.353. The molecule has 0 spiro atoms. The van der Waals surface area contributed by atoms with Crippen molar-refractivity contribution in [3.8, 4) is 0 Å². The van der Waals surface area contributed by atoms with Gasteiger partial charge in [-0.25, -0.2) is 17.9 Å². The molecule has 25 heavy (non-hydrogen) atoms. The summed E-state index contributed by atoms with van der Waals surface area (Å²) in [5, 5.41) is 5.00. The minimum Gasteiger partial charge on any atom is -0.334 e. The van der Waals surface area contributed by atoms with Crippen LogP contribution in [0.1, 0.15) is 21.6 Å². The second-order valence-electron chi connectivity index (χ2n) is 5.98. The lowest BCUT2D eigenvalue weighted by Crippen LogP contribution is -2.42. The maximum absolute atomic E-state index is 12.3. The van der Waals surface area contributed by atoms with Gasteiger partial charge in [-0.3, -0.25) is 0 Å². The molecule has 0 aliphatic carbocycles. The predicted octanol–water partition coefficient (Wildman–Crippen LogP) is 2.07. The first-order chi connectivity index (χ1) is 12.0. The molecule has 6 nitrogen and oxygen atoms in total.